The number of methoxy groups -OCH3 is 2. The van der Waals surface area contributed by atoms with Crippen LogP contribution in [0.2, 0.25) is 0 Å². The molecule has 0 spiro atoms. The highest BCUT2D eigenvalue weighted by atomic mass is 32.2. The Bertz CT molecular complexity index is 1580. The van der Waals surface area contributed by atoms with E-state index in [0.717, 1.165) is 17.3 Å². The molecule has 2 heterocycles. The third-order valence-electron chi connectivity index (χ3n) is 5.94. The average Bonchev–Trinajstić information content (AvgIpc) is 2.94. The monoisotopic (exact) mass is 533 g/mol. The van der Waals surface area contributed by atoms with Gasteiger partial charge in [0.25, 0.3) is 10.0 Å². The molecule has 1 aromatic heterocycles. The molecule has 4 aromatic rings. The lowest BCUT2D eigenvalue weighted by Gasteiger charge is -2.31. The Kier molecular flexibility index (Phi) is 6.86. The first-order valence-electron chi connectivity index (χ1n) is 11.3. The third kappa shape index (κ3) is 4.77. The molecule has 0 radical (unpaired) electrons. The maximum Gasteiger partial charge on any atom is 0.268 e. The van der Waals surface area contributed by atoms with Crippen LogP contribution in [0.15, 0.2) is 89.0 Å². The van der Waals surface area contributed by atoms with Crippen LogP contribution in [-0.4, -0.2) is 44.1 Å². The van der Waals surface area contributed by atoms with E-state index in [1.807, 2.05) is 42.5 Å². The molecule has 5 rings (SSSR count). The molecule has 0 amide bonds. The largest absolute Gasteiger partial charge is 0.493 e. The molecule has 0 saturated carbocycles. The molecule has 8 nitrogen and oxygen atoms in total. The summed E-state index contributed by atoms with van der Waals surface area (Å²) in [6.07, 6.45) is 1.33. The Hall–Kier alpha value is -3.89. The first kappa shape index (κ1) is 24.8. The number of hydrogen-bond donors (Lipinski definition) is 0. The van der Waals surface area contributed by atoms with Crippen molar-refractivity contribution in [3.05, 3.63) is 90.1 Å². The van der Waals surface area contributed by atoms with Crippen molar-refractivity contribution in [1.82, 2.24) is 9.97 Å². The second-order valence-corrected chi connectivity index (χ2v) is 10.9. The van der Waals surface area contributed by atoms with Crippen molar-refractivity contribution in [2.45, 2.75) is 16.6 Å². The molecule has 10 heteroatoms. The molecule has 3 aromatic carbocycles. The molecule has 1 aliphatic heterocycles. The number of ketones is 1. The summed E-state index contributed by atoms with van der Waals surface area (Å²) in [5.74, 6) is 0.925. The zero-order chi connectivity index (χ0) is 26.0. The van der Waals surface area contributed by atoms with E-state index in [1.54, 1.807) is 30.3 Å². The number of carbonyl (C=O) groups excluding carboxylic acids is 1. The molecule has 0 N–H and O–H groups in total. The van der Waals surface area contributed by atoms with Gasteiger partial charge in [-0.2, -0.15) is 0 Å². The fourth-order valence-electron chi connectivity index (χ4n) is 4.09. The van der Waals surface area contributed by atoms with Crippen LogP contribution < -0.4 is 13.8 Å². The van der Waals surface area contributed by atoms with E-state index >= 15 is 0 Å². The molecule has 0 bridgehead atoms. The number of benzene rings is 3. The van der Waals surface area contributed by atoms with Gasteiger partial charge in [-0.1, -0.05) is 60.3 Å². The number of rotatable bonds is 8. The predicted molar refractivity (Wildman–Crippen MR) is 142 cm³/mol. The summed E-state index contributed by atoms with van der Waals surface area (Å²) >= 11 is 1.15. The lowest BCUT2D eigenvalue weighted by atomic mass is 10.1. The zero-order valence-corrected chi connectivity index (χ0v) is 21.8. The smallest absolute Gasteiger partial charge is 0.268 e. The molecule has 188 valence electrons. The second-order valence-electron chi connectivity index (χ2n) is 8.16. The van der Waals surface area contributed by atoms with Crippen LogP contribution in [0.1, 0.15) is 15.9 Å². The molecule has 37 heavy (non-hydrogen) atoms. The fraction of sp³-hybridized carbons (Fsp3) is 0.148. The number of para-hydroxylation sites is 1. The minimum Gasteiger partial charge on any atom is -0.493 e. The Labute approximate surface area is 219 Å². The van der Waals surface area contributed by atoms with Crippen LogP contribution in [-0.2, 0) is 16.6 Å². The summed E-state index contributed by atoms with van der Waals surface area (Å²) in [4.78, 5) is 21.7. The number of anilines is 1. The van der Waals surface area contributed by atoms with Gasteiger partial charge in [0.15, 0.2) is 22.4 Å². The van der Waals surface area contributed by atoms with Crippen LogP contribution in [0.25, 0.3) is 11.3 Å². The number of thioether (sulfide) groups is 1. The van der Waals surface area contributed by atoms with Gasteiger partial charge < -0.3 is 9.47 Å². The van der Waals surface area contributed by atoms with E-state index in [-0.39, 0.29) is 23.0 Å². The SMILES string of the molecule is COc1ccc(C(=O)CSc2ncc3c(n2)-c2ccccc2N(Cc2ccccc2)S3(=O)=O)cc1OC. The lowest BCUT2D eigenvalue weighted by Crippen LogP contribution is -2.34. The van der Waals surface area contributed by atoms with Gasteiger partial charge in [-0.3, -0.25) is 9.10 Å². The van der Waals surface area contributed by atoms with Crippen LogP contribution in [0.4, 0.5) is 5.69 Å². The molecule has 0 unspecified atom stereocenters. The zero-order valence-electron chi connectivity index (χ0n) is 20.1. The molecular weight excluding hydrogens is 510 g/mol. The molecule has 1 aliphatic rings. The first-order chi connectivity index (χ1) is 17.9. The Morgan fingerprint density at radius 1 is 0.946 bits per heavy atom. The Balaban J connectivity index is 1.43. The summed E-state index contributed by atoms with van der Waals surface area (Å²) in [5, 5.41) is 0.314. The van der Waals surface area contributed by atoms with E-state index in [9.17, 15) is 13.2 Å². The van der Waals surface area contributed by atoms with E-state index in [2.05, 4.69) is 9.97 Å². The van der Waals surface area contributed by atoms with Crippen LogP contribution >= 0.6 is 11.8 Å². The second kappa shape index (κ2) is 10.2. The minimum absolute atomic E-state index is 0.0395. The van der Waals surface area contributed by atoms with Crippen molar-refractivity contribution >= 4 is 33.3 Å². The number of Topliss-reactive ketones (excluding diaryl/α,β-unsaturated/α-hetero) is 1. The highest BCUT2D eigenvalue weighted by Gasteiger charge is 2.36. The van der Waals surface area contributed by atoms with Gasteiger partial charge in [-0.15, -0.1) is 0 Å². The normalized spacial score (nSPS) is 13.4. The molecule has 0 aliphatic carbocycles. The van der Waals surface area contributed by atoms with Gasteiger partial charge in [0.05, 0.1) is 44.1 Å². The van der Waals surface area contributed by atoms with Crippen LogP contribution in [0, 0.1) is 0 Å². The summed E-state index contributed by atoms with van der Waals surface area (Å²) in [5.41, 5.74) is 2.91. The lowest BCUT2D eigenvalue weighted by molar-refractivity contribution is 0.102. The van der Waals surface area contributed by atoms with E-state index in [1.165, 1.54) is 24.7 Å². The molecule has 0 atom stereocenters. The maximum absolute atomic E-state index is 13.6. The molecule has 0 fully saturated rings. The van der Waals surface area contributed by atoms with Gasteiger partial charge in [0.2, 0.25) is 0 Å². The quantitative estimate of drug-likeness (QED) is 0.180. The van der Waals surface area contributed by atoms with Crippen molar-refractivity contribution in [1.29, 1.82) is 0 Å². The van der Waals surface area contributed by atoms with Gasteiger partial charge in [-0.25, -0.2) is 18.4 Å². The highest BCUT2D eigenvalue weighted by Crippen LogP contribution is 2.42. The number of fused-ring (bicyclic) bond motifs is 3. The summed E-state index contributed by atoms with van der Waals surface area (Å²) in [6, 6.07) is 21.7. The molecular formula is C27H23N3O5S2. The van der Waals surface area contributed by atoms with Crippen molar-refractivity contribution in [3.8, 4) is 22.8 Å². The summed E-state index contributed by atoms with van der Waals surface area (Å²) in [6.45, 7) is 0.190. The number of nitrogens with zero attached hydrogens (tertiary/aromatic N) is 3. The van der Waals surface area contributed by atoms with Crippen molar-refractivity contribution < 1.29 is 22.7 Å². The van der Waals surface area contributed by atoms with Crippen molar-refractivity contribution in [2.75, 3.05) is 24.3 Å². The summed E-state index contributed by atoms with van der Waals surface area (Å²) in [7, 11) is -0.855. The fourth-order valence-corrected chi connectivity index (χ4v) is 6.36. The number of hydrogen-bond acceptors (Lipinski definition) is 8. The summed E-state index contributed by atoms with van der Waals surface area (Å²) < 4.78 is 39.1. The van der Waals surface area contributed by atoms with Gasteiger partial charge in [-0.05, 0) is 29.8 Å². The standard InChI is InChI=1S/C27H23N3O5S2/c1-34-23-13-12-19(14-24(23)35-2)22(31)17-36-27-28-15-25-26(29-27)20-10-6-7-11-21(20)30(37(25,32)33)16-18-8-4-3-5-9-18/h3-15H,16-17H2,1-2H3. The first-order valence-corrected chi connectivity index (χ1v) is 13.8. The van der Waals surface area contributed by atoms with Crippen LogP contribution in [0.3, 0.4) is 0 Å². The predicted octanol–water partition coefficient (Wildman–Crippen LogP) is 4.84. The van der Waals surface area contributed by atoms with Gasteiger partial charge >= 0.3 is 0 Å². The van der Waals surface area contributed by atoms with Gasteiger partial charge in [0.1, 0.15) is 4.90 Å². The average molecular weight is 534 g/mol. The Morgan fingerprint density at radius 3 is 2.43 bits per heavy atom. The van der Waals surface area contributed by atoms with E-state index in [4.69, 9.17) is 9.47 Å². The minimum atomic E-state index is -3.89. The number of carbonyl (C=O) groups is 1. The van der Waals surface area contributed by atoms with Gasteiger partial charge in [0, 0.05) is 11.1 Å². The number of aromatic nitrogens is 2. The number of ether oxygens (including phenoxy) is 2. The highest BCUT2D eigenvalue weighted by molar-refractivity contribution is 7.99. The molecule has 0 saturated heterocycles. The topological polar surface area (TPSA) is 98.7 Å². The number of sulfonamides is 1. The van der Waals surface area contributed by atoms with Crippen molar-refractivity contribution in [2.24, 2.45) is 0 Å². The van der Waals surface area contributed by atoms with Crippen molar-refractivity contribution in [3.63, 3.8) is 0 Å². The third-order valence-corrected chi connectivity index (χ3v) is 8.56. The van der Waals surface area contributed by atoms with Crippen LogP contribution in [0.5, 0.6) is 11.5 Å². The van der Waals surface area contributed by atoms with E-state index < -0.39 is 10.0 Å². The Morgan fingerprint density at radius 2 is 1.68 bits per heavy atom. The van der Waals surface area contributed by atoms with E-state index in [0.29, 0.717) is 39.2 Å². The maximum atomic E-state index is 13.6.